The molecule has 2 rings (SSSR count). The van der Waals surface area contributed by atoms with Crippen molar-refractivity contribution in [2.24, 2.45) is 5.14 Å². The number of ether oxygens (including phenoxy) is 3. The molecule has 31 heavy (non-hydrogen) atoms. The number of methoxy groups -OCH3 is 1. The molecule has 0 saturated carbocycles. The molecule has 0 radical (unpaired) electrons. The van der Waals surface area contributed by atoms with Crippen LogP contribution in [0.5, 0.6) is 11.5 Å². The van der Waals surface area contributed by atoms with Crippen LogP contribution in [0.25, 0.3) is 6.08 Å². The average molecular weight is 448 g/mol. The molecule has 1 atom stereocenters. The Morgan fingerprint density at radius 3 is 2.39 bits per heavy atom. The summed E-state index contributed by atoms with van der Waals surface area (Å²) in [7, 11) is -2.31. The second kappa shape index (κ2) is 10.6. The maximum absolute atomic E-state index is 12.2. The van der Waals surface area contributed by atoms with Crippen molar-refractivity contribution in [3.63, 3.8) is 0 Å². The number of hydrogen-bond acceptors (Lipinski definition) is 7. The summed E-state index contributed by atoms with van der Waals surface area (Å²) < 4.78 is 38.3. The number of nitrogens with one attached hydrogen (secondary N) is 1. The van der Waals surface area contributed by atoms with E-state index in [4.69, 9.17) is 19.3 Å². The fourth-order valence-electron chi connectivity index (χ4n) is 2.47. The summed E-state index contributed by atoms with van der Waals surface area (Å²) in [5, 5.41) is 7.55. The highest BCUT2D eigenvalue weighted by molar-refractivity contribution is 7.89. The predicted molar refractivity (Wildman–Crippen MR) is 115 cm³/mol. The Hall–Kier alpha value is -3.37. The van der Waals surface area contributed by atoms with Crippen LogP contribution in [-0.4, -0.2) is 40.1 Å². The summed E-state index contributed by atoms with van der Waals surface area (Å²) >= 11 is 0. The molecule has 0 aliphatic rings. The van der Waals surface area contributed by atoms with Gasteiger partial charge in [-0.1, -0.05) is 6.07 Å². The van der Waals surface area contributed by atoms with Crippen LogP contribution in [0.1, 0.15) is 19.4 Å². The van der Waals surface area contributed by atoms with E-state index in [1.165, 1.54) is 50.5 Å². The fourth-order valence-corrected chi connectivity index (χ4v) is 2.98. The lowest BCUT2D eigenvalue weighted by atomic mass is 10.2. The van der Waals surface area contributed by atoms with Crippen molar-refractivity contribution in [2.45, 2.75) is 24.8 Å². The van der Waals surface area contributed by atoms with Crippen molar-refractivity contribution in [3.8, 4) is 11.5 Å². The minimum Gasteiger partial charge on any atom is -0.493 e. The van der Waals surface area contributed by atoms with E-state index in [0.29, 0.717) is 29.4 Å². The molecule has 2 aromatic rings. The Kier molecular flexibility index (Phi) is 8.17. The van der Waals surface area contributed by atoms with Gasteiger partial charge in [-0.05, 0) is 61.9 Å². The summed E-state index contributed by atoms with van der Waals surface area (Å²) in [4.78, 5) is 24.2. The first kappa shape index (κ1) is 23.9. The lowest BCUT2D eigenvalue weighted by Crippen LogP contribution is -2.29. The molecule has 3 N–H and O–H groups in total. The van der Waals surface area contributed by atoms with Gasteiger partial charge >= 0.3 is 5.97 Å². The third kappa shape index (κ3) is 7.12. The zero-order valence-corrected chi connectivity index (χ0v) is 18.1. The third-order valence-electron chi connectivity index (χ3n) is 4.01. The van der Waals surface area contributed by atoms with E-state index in [9.17, 15) is 18.0 Å². The number of amides is 1. The second-order valence-corrected chi connectivity index (χ2v) is 7.88. The van der Waals surface area contributed by atoms with E-state index in [0.717, 1.165) is 0 Å². The molecule has 0 fully saturated rings. The molecular formula is C21H24N2O7S. The van der Waals surface area contributed by atoms with E-state index in [1.807, 2.05) is 6.92 Å². The van der Waals surface area contributed by atoms with Gasteiger partial charge in [0.25, 0.3) is 5.91 Å². The lowest BCUT2D eigenvalue weighted by molar-refractivity contribution is -0.148. The van der Waals surface area contributed by atoms with Crippen LogP contribution >= 0.6 is 0 Å². The molecule has 0 aliphatic carbocycles. The first-order valence-electron chi connectivity index (χ1n) is 9.27. The molecule has 10 heteroatoms. The minimum absolute atomic E-state index is 0.0824. The maximum atomic E-state index is 12.2. The summed E-state index contributed by atoms with van der Waals surface area (Å²) in [6.45, 7) is 3.77. The van der Waals surface area contributed by atoms with E-state index >= 15 is 0 Å². The minimum atomic E-state index is -3.82. The van der Waals surface area contributed by atoms with Crippen LogP contribution in [0.3, 0.4) is 0 Å². The van der Waals surface area contributed by atoms with Crippen molar-refractivity contribution in [1.29, 1.82) is 0 Å². The van der Waals surface area contributed by atoms with Crippen molar-refractivity contribution >= 4 is 33.7 Å². The molecule has 1 unspecified atom stereocenters. The number of esters is 1. The zero-order chi connectivity index (χ0) is 23.0. The topological polar surface area (TPSA) is 134 Å². The Balaban J connectivity index is 1.94. The molecule has 0 bridgehead atoms. The van der Waals surface area contributed by atoms with Crippen molar-refractivity contribution in [1.82, 2.24) is 0 Å². The van der Waals surface area contributed by atoms with Gasteiger partial charge in [-0.15, -0.1) is 0 Å². The lowest BCUT2D eigenvalue weighted by Gasteiger charge is -2.12. The standard InChI is InChI=1S/C21H24N2O7S/c1-4-29-18-11-5-15(13-19(18)28-3)6-12-20(24)30-14(2)21(25)23-16-7-9-17(10-8-16)31(22,26)27/h5-14H,4H2,1-3H3,(H,23,25)(H2,22,26,27). The number of hydrogen-bond donors (Lipinski definition) is 2. The molecule has 1 amide bonds. The van der Waals surface area contributed by atoms with Gasteiger partial charge in [0.1, 0.15) is 0 Å². The summed E-state index contributed by atoms with van der Waals surface area (Å²) in [5.41, 5.74) is 1.02. The van der Waals surface area contributed by atoms with Crippen LogP contribution in [0.2, 0.25) is 0 Å². The van der Waals surface area contributed by atoms with E-state index in [-0.39, 0.29) is 4.90 Å². The normalized spacial score (nSPS) is 12.3. The molecule has 0 spiro atoms. The second-order valence-electron chi connectivity index (χ2n) is 6.31. The van der Waals surface area contributed by atoms with Gasteiger partial charge in [0.2, 0.25) is 10.0 Å². The Morgan fingerprint density at radius 1 is 1.13 bits per heavy atom. The van der Waals surface area contributed by atoms with Gasteiger partial charge in [-0.2, -0.15) is 0 Å². The van der Waals surface area contributed by atoms with Gasteiger partial charge in [0, 0.05) is 11.8 Å². The van der Waals surface area contributed by atoms with E-state index in [1.54, 1.807) is 18.2 Å². The maximum Gasteiger partial charge on any atom is 0.331 e. The number of nitrogens with two attached hydrogens (primary N) is 1. The average Bonchev–Trinajstić information content (AvgIpc) is 2.72. The number of sulfonamides is 1. The number of carbonyl (C=O) groups is 2. The van der Waals surface area contributed by atoms with E-state index in [2.05, 4.69) is 5.32 Å². The number of primary sulfonamides is 1. The Bertz CT molecular complexity index is 1060. The number of rotatable bonds is 9. The fraction of sp³-hybridized carbons (Fsp3) is 0.238. The molecule has 0 aliphatic heterocycles. The highest BCUT2D eigenvalue weighted by atomic mass is 32.2. The Labute approximate surface area is 180 Å². The largest absolute Gasteiger partial charge is 0.493 e. The SMILES string of the molecule is CCOc1ccc(C=CC(=O)OC(C)C(=O)Nc2ccc(S(N)(=O)=O)cc2)cc1OC. The predicted octanol–water partition coefficient (Wildman–Crippen LogP) is 2.32. The van der Waals surface area contributed by atoms with Gasteiger partial charge in [0.15, 0.2) is 17.6 Å². The first-order chi connectivity index (χ1) is 14.6. The van der Waals surface area contributed by atoms with Crippen molar-refractivity contribution in [2.75, 3.05) is 19.0 Å². The highest BCUT2D eigenvalue weighted by Crippen LogP contribution is 2.28. The van der Waals surface area contributed by atoms with Gasteiger partial charge in [-0.3, -0.25) is 4.79 Å². The van der Waals surface area contributed by atoms with Gasteiger partial charge in [-0.25, -0.2) is 18.4 Å². The molecular weight excluding hydrogens is 424 g/mol. The van der Waals surface area contributed by atoms with Crippen LogP contribution in [0.4, 0.5) is 5.69 Å². The van der Waals surface area contributed by atoms with E-state index < -0.39 is 28.0 Å². The molecule has 0 aromatic heterocycles. The number of anilines is 1. The molecule has 9 nitrogen and oxygen atoms in total. The number of carbonyl (C=O) groups excluding carboxylic acids is 2. The van der Waals surface area contributed by atoms with Crippen molar-refractivity contribution in [3.05, 3.63) is 54.1 Å². The summed E-state index contributed by atoms with van der Waals surface area (Å²) in [6, 6.07) is 10.5. The van der Waals surface area contributed by atoms with Gasteiger partial charge in [0.05, 0.1) is 18.6 Å². The Morgan fingerprint density at radius 2 is 1.81 bits per heavy atom. The van der Waals surface area contributed by atoms with Crippen molar-refractivity contribution < 1.29 is 32.2 Å². The first-order valence-corrected chi connectivity index (χ1v) is 10.8. The van der Waals surface area contributed by atoms with Crippen LogP contribution < -0.4 is 19.9 Å². The molecule has 166 valence electrons. The quantitative estimate of drug-likeness (QED) is 0.444. The smallest absolute Gasteiger partial charge is 0.331 e. The molecule has 0 heterocycles. The summed E-state index contributed by atoms with van der Waals surface area (Å²) in [6.07, 6.45) is 1.64. The summed E-state index contributed by atoms with van der Waals surface area (Å²) in [5.74, 6) is -0.168. The van der Waals surface area contributed by atoms with Crippen LogP contribution in [0.15, 0.2) is 53.4 Å². The van der Waals surface area contributed by atoms with Crippen LogP contribution in [-0.2, 0) is 24.3 Å². The highest BCUT2D eigenvalue weighted by Gasteiger charge is 2.17. The number of benzene rings is 2. The monoisotopic (exact) mass is 448 g/mol. The zero-order valence-electron chi connectivity index (χ0n) is 17.3. The van der Waals surface area contributed by atoms with Gasteiger partial charge < -0.3 is 19.5 Å². The molecule has 0 saturated heterocycles. The van der Waals surface area contributed by atoms with Crippen LogP contribution in [0, 0.1) is 0 Å². The third-order valence-corrected chi connectivity index (χ3v) is 4.94. The molecule has 2 aromatic carbocycles.